The highest BCUT2D eigenvalue weighted by molar-refractivity contribution is 5.85. The predicted molar refractivity (Wildman–Crippen MR) is 110 cm³/mol. The van der Waals surface area contributed by atoms with E-state index < -0.39 is 0 Å². The summed E-state index contributed by atoms with van der Waals surface area (Å²) in [6.45, 7) is 6.87. The Morgan fingerprint density at radius 1 is 1.11 bits per heavy atom. The number of para-hydroxylation sites is 1. The number of fused-ring (bicyclic) bond motifs is 1. The van der Waals surface area contributed by atoms with Crippen LogP contribution in [-0.2, 0) is 4.79 Å². The van der Waals surface area contributed by atoms with Crippen molar-refractivity contribution >= 4 is 16.8 Å². The molecule has 0 saturated carbocycles. The number of hydrogen-bond donors (Lipinski definition) is 1. The van der Waals surface area contributed by atoms with Crippen molar-refractivity contribution in [1.82, 2.24) is 9.88 Å². The third kappa shape index (κ3) is 4.00. The lowest BCUT2D eigenvalue weighted by molar-refractivity contribution is -0.133. The van der Waals surface area contributed by atoms with Crippen LogP contribution < -0.4 is 4.74 Å². The summed E-state index contributed by atoms with van der Waals surface area (Å²) in [4.78, 5) is 18.4. The van der Waals surface area contributed by atoms with Gasteiger partial charge in [0.2, 0.25) is 5.91 Å². The molecular weight excluding hydrogens is 336 g/mol. The molecule has 2 aromatic carbocycles. The molecule has 0 aliphatic rings. The second-order valence-electron chi connectivity index (χ2n) is 7.24. The van der Waals surface area contributed by atoms with E-state index in [1.807, 2.05) is 42.3 Å². The van der Waals surface area contributed by atoms with Crippen molar-refractivity contribution in [3.05, 3.63) is 65.9 Å². The first-order valence-electron chi connectivity index (χ1n) is 9.54. The molecule has 0 saturated heterocycles. The van der Waals surface area contributed by atoms with Crippen molar-refractivity contribution in [2.45, 2.75) is 33.2 Å². The number of rotatable bonds is 7. The molecule has 27 heavy (non-hydrogen) atoms. The number of H-pyrrole nitrogens is 1. The van der Waals surface area contributed by atoms with Crippen molar-refractivity contribution in [1.29, 1.82) is 0 Å². The molecule has 1 N–H and O–H groups in total. The van der Waals surface area contributed by atoms with E-state index in [9.17, 15) is 4.79 Å². The molecule has 142 valence electrons. The molecule has 0 bridgehead atoms. The van der Waals surface area contributed by atoms with Crippen LogP contribution in [0.2, 0.25) is 0 Å². The van der Waals surface area contributed by atoms with Gasteiger partial charge < -0.3 is 14.6 Å². The normalized spacial score (nSPS) is 12.3. The fourth-order valence-corrected chi connectivity index (χ4v) is 3.60. The van der Waals surface area contributed by atoms with Crippen LogP contribution in [0.1, 0.15) is 44.4 Å². The average Bonchev–Trinajstić information content (AvgIpc) is 3.09. The number of methoxy groups -OCH3 is 1. The highest BCUT2D eigenvalue weighted by Gasteiger charge is 2.28. The Hall–Kier alpha value is -2.75. The molecule has 1 aromatic heterocycles. The van der Waals surface area contributed by atoms with Crippen molar-refractivity contribution in [2.75, 3.05) is 13.7 Å². The van der Waals surface area contributed by atoms with Gasteiger partial charge >= 0.3 is 0 Å². The van der Waals surface area contributed by atoms with Crippen molar-refractivity contribution in [2.24, 2.45) is 5.92 Å². The van der Waals surface area contributed by atoms with Crippen molar-refractivity contribution < 1.29 is 9.53 Å². The van der Waals surface area contributed by atoms with Gasteiger partial charge in [-0.1, -0.05) is 44.2 Å². The number of aromatic nitrogens is 1. The van der Waals surface area contributed by atoms with Crippen LogP contribution in [0.15, 0.2) is 54.7 Å². The maximum Gasteiger partial charge on any atom is 0.223 e. The molecule has 0 aliphatic heterocycles. The molecule has 4 nitrogen and oxygen atoms in total. The van der Waals surface area contributed by atoms with E-state index >= 15 is 0 Å². The number of aromatic amines is 1. The van der Waals surface area contributed by atoms with E-state index in [1.54, 1.807) is 7.11 Å². The molecule has 4 heteroatoms. The van der Waals surface area contributed by atoms with Gasteiger partial charge in [0, 0.05) is 35.6 Å². The van der Waals surface area contributed by atoms with Gasteiger partial charge in [-0.3, -0.25) is 4.79 Å². The van der Waals surface area contributed by atoms with Crippen LogP contribution in [0.3, 0.4) is 0 Å². The lowest BCUT2D eigenvalue weighted by atomic mass is 9.95. The van der Waals surface area contributed by atoms with Gasteiger partial charge in [0.25, 0.3) is 0 Å². The molecule has 0 unspecified atom stereocenters. The standard InChI is InChI=1S/C23H28N2O2/c1-5-25(22(26)14-16(2)3)23(17-10-12-18(27-4)13-11-17)20-15-24-21-9-7-6-8-19(20)21/h6-13,15-16,23-24H,5,14H2,1-4H3/t23-/m1/s1. The quantitative estimate of drug-likeness (QED) is 0.629. The first kappa shape index (κ1) is 19.0. The Labute approximate surface area is 161 Å². The van der Waals surface area contributed by atoms with Crippen LogP contribution in [0.5, 0.6) is 5.75 Å². The van der Waals surface area contributed by atoms with Crippen molar-refractivity contribution in [3.63, 3.8) is 0 Å². The third-order valence-electron chi connectivity index (χ3n) is 4.90. The summed E-state index contributed by atoms with van der Waals surface area (Å²) in [6, 6.07) is 16.1. The van der Waals surface area contributed by atoms with Gasteiger partial charge in [0.1, 0.15) is 5.75 Å². The number of carbonyl (C=O) groups is 1. The van der Waals surface area contributed by atoms with E-state index in [0.29, 0.717) is 18.9 Å². The van der Waals surface area contributed by atoms with Crippen LogP contribution >= 0.6 is 0 Å². The van der Waals surface area contributed by atoms with Gasteiger partial charge in [-0.15, -0.1) is 0 Å². The number of ether oxygens (including phenoxy) is 1. The lowest BCUT2D eigenvalue weighted by Gasteiger charge is -2.32. The second-order valence-corrected chi connectivity index (χ2v) is 7.24. The zero-order valence-corrected chi connectivity index (χ0v) is 16.5. The third-order valence-corrected chi connectivity index (χ3v) is 4.90. The Morgan fingerprint density at radius 3 is 2.44 bits per heavy atom. The Kier molecular flexibility index (Phi) is 5.84. The zero-order chi connectivity index (χ0) is 19.4. The van der Waals surface area contributed by atoms with Crippen LogP contribution in [-0.4, -0.2) is 29.4 Å². The molecule has 0 spiro atoms. The van der Waals surface area contributed by atoms with Gasteiger partial charge in [-0.05, 0) is 36.6 Å². The minimum absolute atomic E-state index is 0.136. The molecule has 0 fully saturated rings. The lowest BCUT2D eigenvalue weighted by Crippen LogP contribution is -2.36. The Balaban J connectivity index is 2.11. The number of nitrogens with zero attached hydrogens (tertiary/aromatic N) is 1. The Bertz CT molecular complexity index is 896. The highest BCUT2D eigenvalue weighted by Crippen LogP contribution is 2.35. The summed E-state index contributed by atoms with van der Waals surface area (Å²) in [6.07, 6.45) is 2.58. The minimum Gasteiger partial charge on any atom is -0.497 e. The summed E-state index contributed by atoms with van der Waals surface area (Å²) >= 11 is 0. The molecular formula is C23H28N2O2. The molecule has 0 radical (unpaired) electrons. The summed E-state index contributed by atoms with van der Waals surface area (Å²) < 4.78 is 5.31. The number of nitrogens with one attached hydrogen (secondary N) is 1. The summed E-state index contributed by atoms with van der Waals surface area (Å²) in [5, 5.41) is 1.15. The summed E-state index contributed by atoms with van der Waals surface area (Å²) in [5.74, 6) is 1.32. The van der Waals surface area contributed by atoms with Crippen LogP contribution in [0.4, 0.5) is 0 Å². The molecule has 1 atom stereocenters. The van der Waals surface area contributed by atoms with Crippen LogP contribution in [0.25, 0.3) is 10.9 Å². The number of benzene rings is 2. The largest absolute Gasteiger partial charge is 0.497 e. The van der Waals surface area contributed by atoms with E-state index in [-0.39, 0.29) is 11.9 Å². The molecule has 3 rings (SSSR count). The first-order chi connectivity index (χ1) is 13.0. The summed E-state index contributed by atoms with van der Waals surface area (Å²) in [7, 11) is 1.66. The highest BCUT2D eigenvalue weighted by atomic mass is 16.5. The monoisotopic (exact) mass is 364 g/mol. The van der Waals surface area contributed by atoms with Crippen LogP contribution in [0, 0.1) is 5.92 Å². The average molecular weight is 364 g/mol. The minimum atomic E-state index is -0.136. The molecule has 0 aliphatic carbocycles. The molecule has 1 amide bonds. The van der Waals surface area contributed by atoms with E-state index in [4.69, 9.17) is 4.74 Å². The maximum absolute atomic E-state index is 13.0. The molecule has 3 aromatic rings. The van der Waals surface area contributed by atoms with Gasteiger partial charge in [0.15, 0.2) is 0 Å². The van der Waals surface area contributed by atoms with Gasteiger partial charge in [-0.25, -0.2) is 0 Å². The van der Waals surface area contributed by atoms with E-state index in [0.717, 1.165) is 27.8 Å². The smallest absolute Gasteiger partial charge is 0.223 e. The summed E-state index contributed by atoms with van der Waals surface area (Å²) in [5.41, 5.74) is 3.28. The SMILES string of the molecule is CCN(C(=O)CC(C)C)[C@H](c1ccc(OC)cc1)c1c[nH]c2ccccc12. The molecule has 1 heterocycles. The van der Waals surface area contributed by atoms with Gasteiger partial charge in [0.05, 0.1) is 13.2 Å². The van der Waals surface area contributed by atoms with E-state index in [2.05, 4.69) is 43.1 Å². The fraction of sp³-hybridized carbons (Fsp3) is 0.348. The number of amides is 1. The maximum atomic E-state index is 13.0. The number of carbonyl (C=O) groups excluding carboxylic acids is 1. The zero-order valence-electron chi connectivity index (χ0n) is 16.5. The van der Waals surface area contributed by atoms with Crippen molar-refractivity contribution in [3.8, 4) is 5.75 Å². The first-order valence-corrected chi connectivity index (χ1v) is 9.54. The Morgan fingerprint density at radius 2 is 1.81 bits per heavy atom. The second kappa shape index (κ2) is 8.30. The van der Waals surface area contributed by atoms with E-state index in [1.165, 1.54) is 0 Å². The predicted octanol–water partition coefficient (Wildman–Crippen LogP) is 5.16. The van der Waals surface area contributed by atoms with Gasteiger partial charge in [-0.2, -0.15) is 0 Å². The fourth-order valence-electron chi connectivity index (χ4n) is 3.60. The topological polar surface area (TPSA) is 45.3 Å². The number of hydrogen-bond acceptors (Lipinski definition) is 2.